The van der Waals surface area contributed by atoms with E-state index in [1.807, 2.05) is 6.08 Å². The summed E-state index contributed by atoms with van der Waals surface area (Å²) in [6.07, 6.45) is 2.80. The molecule has 0 bridgehead atoms. The SMILES string of the molecule is CCN1C(=O)C2CC=C3C(CC4C(=O)N(CC)C(=O)C4C3c3ccc(O)cc3Cl)C2C1=O. The van der Waals surface area contributed by atoms with E-state index in [9.17, 15) is 24.3 Å². The molecule has 6 atom stereocenters. The van der Waals surface area contributed by atoms with Crippen molar-refractivity contribution in [3.05, 3.63) is 40.4 Å². The van der Waals surface area contributed by atoms with Gasteiger partial charge in [-0.2, -0.15) is 0 Å². The lowest BCUT2D eigenvalue weighted by molar-refractivity contribution is -0.141. The lowest BCUT2D eigenvalue weighted by Crippen LogP contribution is -2.43. The number of rotatable bonds is 3. The number of imide groups is 2. The van der Waals surface area contributed by atoms with Crippen LogP contribution in [-0.2, 0) is 19.2 Å². The number of halogens is 1. The molecule has 5 rings (SSSR count). The third-order valence-corrected chi connectivity index (χ3v) is 8.11. The molecule has 3 fully saturated rings. The van der Waals surface area contributed by atoms with Crippen LogP contribution in [-0.4, -0.2) is 51.6 Å². The van der Waals surface area contributed by atoms with Crippen molar-refractivity contribution in [3.63, 3.8) is 0 Å². The molecule has 1 aromatic rings. The number of phenolic OH excluding ortho intramolecular Hbond substituents is 1. The number of phenols is 1. The minimum Gasteiger partial charge on any atom is -0.508 e. The van der Waals surface area contributed by atoms with Crippen LogP contribution in [0.15, 0.2) is 29.8 Å². The molecule has 2 aliphatic heterocycles. The number of amides is 4. The van der Waals surface area contributed by atoms with Crippen molar-refractivity contribution in [2.75, 3.05) is 13.1 Å². The van der Waals surface area contributed by atoms with Crippen molar-refractivity contribution in [2.45, 2.75) is 32.6 Å². The van der Waals surface area contributed by atoms with Crippen LogP contribution >= 0.6 is 11.6 Å². The smallest absolute Gasteiger partial charge is 0.234 e. The van der Waals surface area contributed by atoms with E-state index >= 15 is 0 Å². The van der Waals surface area contributed by atoms with Gasteiger partial charge in [0.05, 0.1) is 23.7 Å². The number of carbonyl (C=O) groups excluding carboxylic acids is 4. The molecular weight excluding hydrogens is 432 g/mol. The molecule has 6 unspecified atom stereocenters. The first kappa shape index (κ1) is 21.2. The molecule has 4 amide bonds. The van der Waals surface area contributed by atoms with E-state index in [4.69, 9.17) is 11.6 Å². The van der Waals surface area contributed by atoms with E-state index in [2.05, 4.69) is 0 Å². The van der Waals surface area contributed by atoms with E-state index in [1.165, 1.54) is 21.9 Å². The summed E-state index contributed by atoms with van der Waals surface area (Å²) in [7, 11) is 0. The van der Waals surface area contributed by atoms with Crippen LogP contribution in [0.3, 0.4) is 0 Å². The number of likely N-dealkylation sites (tertiary alicyclic amines) is 2. The topological polar surface area (TPSA) is 95.0 Å². The maximum Gasteiger partial charge on any atom is 0.234 e. The highest BCUT2D eigenvalue weighted by Crippen LogP contribution is 2.58. The molecule has 2 heterocycles. The van der Waals surface area contributed by atoms with Crippen molar-refractivity contribution in [1.82, 2.24) is 9.80 Å². The van der Waals surface area contributed by atoms with Gasteiger partial charge in [0.25, 0.3) is 0 Å². The minimum absolute atomic E-state index is 0.0134. The van der Waals surface area contributed by atoms with Gasteiger partial charge >= 0.3 is 0 Å². The van der Waals surface area contributed by atoms with Gasteiger partial charge in [-0.05, 0) is 50.3 Å². The van der Waals surface area contributed by atoms with Crippen LogP contribution < -0.4 is 0 Å². The zero-order valence-corrected chi connectivity index (χ0v) is 18.7. The Balaban J connectivity index is 1.66. The molecule has 0 spiro atoms. The summed E-state index contributed by atoms with van der Waals surface area (Å²) in [5, 5.41) is 10.2. The zero-order valence-electron chi connectivity index (χ0n) is 18.0. The Bertz CT molecular complexity index is 1080. The van der Waals surface area contributed by atoms with Gasteiger partial charge in [-0.15, -0.1) is 0 Å². The molecule has 2 saturated heterocycles. The van der Waals surface area contributed by atoms with E-state index in [-0.39, 0.29) is 41.8 Å². The highest BCUT2D eigenvalue weighted by molar-refractivity contribution is 6.31. The minimum atomic E-state index is -0.599. The number of nitrogens with zero attached hydrogens (tertiary/aromatic N) is 2. The summed E-state index contributed by atoms with van der Waals surface area (Å²) >= 11 is 6.52. The molecule has 1 aromatic carbocycles. The maximum atomic E-state index is 13.3. The van der Waals surface area contributed by atoms with Gasteiger partial charge in [0.2, 0.25) is 23.6 Å². The molecule has 168 valence electrons. The fraction of sp³-hybridized carbons (Fsp3) is 0.500. The highest BCUT2D eigenvalue weighted by Gasteiger charge is 2.61. The van der Waals surface area contributed by atoms with Gasteiger partial charge in [0, 0.05) is 24.0 Å². The van der Waals surface area contributed by atoms with Gasteiger partial charge < -0.3 is 5.11 Å². The quantitative estimate of drug-likeness (QED) is 0.557. The fourth-order valence-corrected chi connectivity index (χ4v) is 6.75. The molecule has 1 saturated carbocycles. The average Bonchev–Trinajstić information content (AvgIpc) is 3.16. The Hall–Kier alpha value is -2.67. The number of allylic oxidation sites excluding steroid dienone is 2. The second-order valence-corrected chi connectivity index (χ2v) is 9.48. The van der Waals surface area contributed by atoms with Crippen LogP contribution in [0.25, 0.3) is 0 Å². The number of hydrogen-bond donors (Lipinski definition) is 1. The first-order valence-corrected chi connectivity index (χ1v) is 11.6. The number of hydrogen-bond acceptors (Lipinski definition) is 5. The molecule has 4 aliphatic rings. The Morgan fingerprint density at radius 3 is 2.16 bits per heavy atom. The standard InChI is InChI=1S/C24H25ClN2O5/c1-3-26-21(29)14-8-7-12-15(19(14)23(26)31)10-16-20(24(32)27(4-2)22(16)30)18(12)13-6-5-11(28)9-17(13)25/h5-7,9,14-16,18-20,28H,3-4,8,10H2,1-2H3. The average molecular weight is 457 g/mol. The number of carbonyl (C=O) groups is 4. The van der Waals surface area contributed by atoms with Gasteiger partial charge in [0.15, 0.2) is 0 Å². The summed E-state index contributed by atoms with van der Waals surface area (Å²) in [4.78, 5) is 55.2. The Kier molecular flexibility index (Phi) is 4.93. The number of aromatic hydroxyl groups is 1. The maximum absolute atomic E-state index is 13.3. The largest absolute Gasteiger partial charge is 0.508 e. The third-order valence-electron chi connectivity index (χ3n) is 7.78. The second kappa shape index (κ2) is 7.44. The Morgan fingerprint density at radius 1 is 0.906 bits per heavy atom. The van der Waals surface area contributed by atoms with E-state index < -0.39 is 29.6 Å². The lowest BCUT2D eigenvalue weighted by Gasteiger charge is -2.44. The van der Waals surface area contributed by atoms with Gasteiger partial charge in [0.1, 0.15) is 5.75 Å². The molecule has 0 aromatic heterocycles. The Morgan fingerprint density at radius 2 is 1.53 bits per heavy atom. The van der Waals surface area contributed by atoms with Crippen molar-refractivity contribution in [3.8, 4) is 5.75 Å². The van der Waals surface area contributed by atoms with Crippen molar-refractivity contribution in [2.24, 2.45) is 29.6 Å². The predicted molar refractivity (Wildman–Crippen MR) is 115 cm³/mol. The van der Waals surface area contributed by atoms with E-state index in [0.29, 0.717) is 30.0 Å². The fourth-order valence-electron chi connectivity index (χ4n) is 6.46. The summed E-state index contributed by atoms with van der Waals surface area (Å²) < 4.78 is 0. The van der Waals surface area contributed by atoms with Gasteiger partial charge in [-0.1, -0.05) is 29.3 Å². The summed E-state index contributed by atoms with van der Waals surface area (Å²) in [5.74, 6) is -3.62. The predicted octanol–water partition coefficient (Wildman–Crippen LogP) is 2.72. The van der Waals surface area contributed by atoms with Crippen LogP contribution in [0.4, 0.5) is 0 Å². The molecular formula is C24H25ClN2O5. The first-order chi connectivity index (χ1) is 15.3. The number of fused-ring (bicyclic) bond motifs is 4. The summed E-state index contributed by atoms with van der Waals surface area (Å²) in [6.45, 7) is 4.18. The van der Waals surface area contributed by atoms with Gasteiger partial charge in [-0.3, -0.25) is 29.0 Å². The molecule has 7 nitrogen and oxygen atoms in total. The van der Waals surface area contributed by atoms with Crippen molar-refractivity contribution < 1.29 is 24.3 Å². The summed E-state index contributed by atoms with van der Waals surface area (Å²) in [6, 6.07) is 4.65. The van der Waals surface area contributed by atoms with Crippen molar-refractivity contribution in [1.29, 1.82) is 0 Å². The van der Waals surface area contributed by atoms with Crippen molar-refractivity contribution >= 4 is 35.2 Å². The number of benzene rings is 1. The summed E-state index contributed by atoms with van der Waals surface area (Å²) in [5.41, 5.74) is 1.58. The molecule has 8 heteroatoms. The van der Waals surface area contributed by atoms with Crippen LogP contribution in [0, 0.1) is 29.6 Å². The Labute approximate surface area is 191 Å². The first-order valence-electron chi connectivity index (χ1n) is 11.2. The van der Waals surface area contributed by atoms with Gasteiger partial charge in [-0.25, -0.2) is 0 Å². The highest BCUT2D eigenvalue weighted by atomic mass is 35.5. The van der Waals surface area contributed by atoms with Crippen LogP contribution in [0.5, 0.6) is 5.75 Å². The zero-order chi connectivity index (χ0) is 22.9. The lowest BCUT2D eigenvalue weighted by atomic mass is 9.57. The molecule has 2 aliphatic carbocycles. The second-order valence-electron chi connectivity index (χ2n) is 9.07. The molecule has 0 radical (unpaired) electrons. The van der Waals surface area contributed by atoms with E-state index in [0.717, 1.165) is 5.57 Å². The normalized spacial score (nSPS) is 33.9. The van der Waals surface area contributed by atoms with Crippen LogP contribution in [0.2, 0.25) is 5.02 Å². The monoisotopic (exact) mass is 456 g/mol. The van der Waals surface area contributed by atoms with E-state index in [1.54, 1.807) is 19.9 Å². The van der Waals surface area contributed by atoms with Crippen LogP contribution in [0.1, 0.15) is 38.2 Å². The third kappa shape index (κ3) is 2.73. The molecule has 1 N–H and O–H groups in total. The molecule has 32 heavy (non-hydrogen) atoms.